The Morgan fingerprint density at radius 2 is 2.05 bits per heavy atom. The molecule has 0 aliphatic heterocycles. The molecule has 0 aliphatic carbocycles. The highest BCUT2D eigenvalue weighted by Gasteiger charge is 2.20. The number of thiophene rings is 1. The molecule has 0 atom stereocenters. The number of esters is 1. The molecule has 3 aromatic rings. The fourth-order valence-corrected chi connectivity index (χ4v) is 3.52. The van der Waals surface area contributed by atoms with Gasteiger partial charge in [-0.25, -0.2) is 4.79 Å². The second-order valence-corrected chi connectivity index (χ2v) is 5.77. The van der Waals surface area contributed by atoms with Gasteiger partial charge in [0, 0.05) is 16.3 Å². The molecule has 0 spiro atoms. The van der Waals surface area contributed by atoms with Gasteiger partial charge in [0.15, 0.2) is 4.88 Å². The smallest absolute Gasteiger partial charge is 0.351 e. The first-order valence-corrected chi connectivity index (χ1v) is 6.94. The van der Waals surface area contributed by atoms with Crippen LogP contribution in [0.2, 0.25) is 0 Å². The summed E-state index contributed by atoms with van der Waals surface area (Å²) in [6.07, 6.45) is 1.61. The van der Waals surface area contributed by atoms with E-state index in [-0.39, 0.29) is 10.6 Å². The Labute approximate surface area is 119 Å². The zero-order valence-corrected chi connectivity index (χ0v) is 12.2. The Morgan fingerprint density at radius 3 is 2.75 bits per heavy atom. The van der Waals surface area contributed by atoms with Gasteiger partial charge in [0.25, 0.3) is 0 Å². The van der Waals surface area contributed by atoms with Crippen molar-refractivity contribution in [1.29, 1.82) is 0 Å². The van der Waals surface area contributed by atoms with Crippen LogP contribution in [-0.4, -0.2) is 23.2 Å². The monoisotopic (exact) mass is 287 g/mol. The van der Waals surface area contributed by atoms with Gasteiger partial charge in [-0.15, -0.1) is 11.3 Å². The highest BCUT2D eigenvalue weighted by Crippen LogP contribution is 2.40. The van der Waals surface area contributed by atoms with Gasteiger partial charge in [0.1, 0.15) is 5.75 Å². The van der Waals surface area contributed by atoms with E-state index in [9.17, 15) is 9.90 Å². The number of pyridine rings is 1. The van der Waals surface area contributed by atoms with Crippen LogP contribution in [0.1, 0.15) is 20.8 Å². The Kier molecular flexibility index (Phi) is 2.87. The van der Waals surface area contributed by atoms with Crippen molar-refractivity contribution in [3.63, 3.8) is 0 Å². The lowest BCUT2D eigenvalue weighted by Gasteiger charge is -2.04. The van der Waals surface area contributed by atoms with Gasteiger partial charge >= 0.3 is 5.97 Å². The van der Waals surface area contributed by atoms with Gasteiger partial charge in [-0.3, -0.25) is 4.98 Å². The predicted molar refractivity (Wildman–Crippen MR) is 79.6 cm³/mol. The van der Waals surface area contributed by atoms with E-state index in [1.54, 1.807) is 6.20 Å². The van der Waals surface area contributed by atoms with Crippen molar-refractivity contribution in [2.75, 3.05) is 7.11 Å². The molecule has 4 nitrogen and oxygen atoms in total. The first-order valence-electron chi connectivity index (χ1n) is 6.12. The zero-order chi connectivity index (χ0) is 14.4. The molecule has 3 rings (SSSR count). The van der Waals surface area contributed by atoms with Crippen LogP contribution in [0.15, 0.2) is 18.3 Å². The third-order valence-electron chi connectivity index (χ3n) is 3.30. The standard InChI is InChI=1S/C15H13NO3S/c1-7-4-8(2)11-9(5-7)13-10(6-16-11)12(17)14(20-13)15(18)19-3/h4-6,17H,1-3H3. The molecular weight excluding hydrogens is 274 g/mol. The predicted octanol–water partition coefficient (Wildman–Crippen LogP) is 3.56. The Balaban J connectivity index is 2.45. The summed E-state index contributed by atoms with van der Waals surface area (Å²) < 4.78 is 5.56. The molecule has 0 amide bonds. The normalized spacial score (nSPS) is 11.2. The number of aryl methyl sites for hydroxylation is 2. The summed E-state index contributed by atoms with van der Waals surface area (Å²) in [6.45, 7) is 4.02. The number of ether oxygens (including phenoxy) is 1. The van der Waals surface area contributed by atoms with E-state index in [0.29, 0.717) is 5.39 Å². The summed E-state index contributed by atoms with van der Waals surface area (Å²) in [4.78, 5) is 16.3. The molecule has 1 aromatic carbocycles. The molecule has 0 fully saturated rings. The number of nitrogens with zero attached hydrogens (tertiary/aromatic N) is 1. The average molecular weight is 287 g/mol. The fraction of sp³-hybridized carbons (Fsp3) is 0.200. The van der Waals surface area contributed by atoms with Crippen LogP contribution in [-0.2, 0) is 4.74 Å². The third kappa shape index (κ3) is 1.74. The highest BCUT2D eigenvalue weighted by atomic mass is 32.1. The van der Waals surface area contributed by atoms with Crippen molar-refractivity contribution in [2.24, 2.45) is 0 Å². The summed E-state index contributed by atoms with van der Waals surface area (Å²) in [7, 11) is 1.30. The molecule has 2 heterocycles. The van der Waals surface area contributed by atoms with E-state index in [4.69, 9.17) is 4.74 Å². The van der Waals surface area contributed by atoms with Crippen molar-refractivity contribution in [2.45, 2.75) is 13.8 Å². The zero-order valence-electron chi connectivity index (χ0n) is 11.4. The third-order valence-corrected chi connectivity index (χ3v) is 4.51. The minimum absolute atomic E-state index is 0.0505. The van der Waals surface area contributed by atoms with Crippen molar-refractivity contribution in [1.82, 2.24) is 4.98 Å². The number of aromatic hydroxyl groups is 1. The van der Waals surface area contributed by atoms with Gasteiger partial charge in [-0.05, 0) is 25.5 Å². The van der Waals surface area contributed by atoms with Gasteiger partial charge in [0.2, 0.25) is 0 Å². The number of rotatable bonds is 1. The van der Waals surface area contributed by atoms with Crippen LogP contribution in [0, 0.1) is 13.8 Å². The molecule has 0 radical (unpaired) electrons. The molecule has 0 aliphatic rings. The maximum Gasteiger partial charge on any atom is 0.351 e. The van der Waals surface area contributed by atoms with Crippen LogP contribution in [0.3, 0.4) is 0 Å². The van der Waals surface area contributed by atoms with Gasteiger partial charge in [0.05, 0.1) is 18.0 Å². The van der Waals surface area contributed by atoms with Crippen LogP contribution >= 0.6 is 11.3 Å². The van der Waals surface area contributed by atoms with E-state index < -0.39 is 5.97 Å². The lowest BCUT2D eigenvalue weighted by atomic mass is 10.1. The minimum atomic E-state index is -0.527. The molecule has 5 heteroatoms. The second kappa shape index (κ2) is 4.45. The van der Waals surface area contributed by atoms with E-state index in [1.807, 2.05) is 19.9 Å². The van der Waals surface area contributed by atoms with E-state index in [0.717, 1.165) is 26.7 Å². The number of benzene rings is 1. The number of hydrogen-bond donors (Lipinski definition) is 1. The quantitative estimate of drug-likeness (QED) is 0.695. The average Bonchev–Trinajstić information content (AvgIpc) is 2.76. The summed E-state index contributed by atoms with van der Waals surface area (Å²) in [5.41, 5.74) is 3.09. The first kappa shape index (κ1) is 12.9. The SMILES string of the molecule is COC(=O)c1sc2c(cnc3c(C)cc(C)cc32)c1O. The summed E-state index contributed by atoms with van der Waals surface area (Å²) in [5.74, 6) is -0.577. The van der Waals surface area contributed by atoms with Crippen molar-refractivity contribution >= 4 is 38.3 Å². The van der Waals surface area contributed by atoms with E-state index in [1.165, 1.54) is 18.4 Å². The van der Waals surface area contributed by atoms with Crippen molar-refractivity contribution in [3.8, 4) is 5.75 Å². The van der Waals surface area contributed by atoms with Gasteiger partial charge in [-0.2, -0.15) is 0 Å². The number of carbonyl (C=O) groups excluding carboxylic acids is 1. The largest absolute Gasteiger partial charge is 0.505 e. The molecule has 1 N–H and O–H groups in total. The summed E-state index contributed by atoms with van der Waals surface area (Å²) >= 11 is 1.24. The highest BCUT2D eigenvalue weighted by molar-refractivity contribution is 7.22. The molecule has 0 unspecified atom stereocenters. The first-order chi connectivity index (χ1) is 9.52. The number of aromatic nitrogens is 1. The van der Waals surface area contributed by atoms with Crippen LogP contribution < -0.4 is 0 Å². The molecule has 0 saturated carbocycles. The van der Waals surface area contributed by atoms with Crippen LogP contribution in [0.25, 0.3) is 21.0 Å². The van der Waals surface area contributed by atoms with E-state index >= 15 is 0 Å². The van der Waals surface area contributed by atoms with Crippen molar-refractivity contribution in [3.05, 3.63) is 34.3 Å². The molecule has 2 aromatic heterocycles. The molecule has 0 bridgehead atoms. The maximum absolute atomic E-state index is 11.7. The molecule has 20 heavy (non-hydrogen) atoms. The van der Waals surface area contributed by atoms with Crippen LogP contribution in [0.5, 0.6) is 5.75 Å². The Bertz CT molecular complexity index is 851. The molecule has 0 saturated heterocycles. The second-order valence-electron chi connectivity index (χ2n) is 4.75. The summed E-state index contributed by atoms with van der Waals surface area (Å²) in [5, 5.41) is 11.7. The Morgan fingerprint density at radius 1 is 1.30 bits per heavy atom. The topological polar surface area (TPSA) is 59.4 Å². The van der Waals surface area contributed by atoms with Crippen LogP contribution in [0.4, 0.5) is 0 Å². The number of methoxy groups -OCH3 is 1. The van der Waals surface area contributed by atoms with E-state index in [2.05, 4.69) is 11.1 Å². The van der Waals surface area contributed by atoms with Gasteiger partial charge in [-0.1, -0.05) is 11.6 Å². The maximum atomic E-state index is 11.7. The number of hydrogen-bond acceptors (Lipinski definition) is 5. The van der Waals surface area contributed by atoms with Gasteiger partial charge < -0.3 is 9.84 Å². The molecule has 102 valence electrons. The lowest BCUT2D eigenvalue weighted by molar-refractivity contribution is 0.0603. The molecular formula is C15H13NO3S. The fourth-order valence-electron chi connectivity index (χ4n) is 2.42. The lowest BCUT2D eigenvalue weighted by Crippen LogP contribution is -1.97. The van der Waals surface area contributed by atoms with Crippen molar-refractivity contribution < 1.29 is 14.6 Å². The number of carbonyl (C=O) groups is 1. The number of fused-ring (bicyclic) bond motifs is 3. The Hall–Kier alpha value is -2.14. The minimum Gasteiger partial charge on any atom is -0.505 e. The summed E-state index contributed by atoms with van der Waals surface area (Å²) in [6, 6.07) is 4.09.